The summed E-state index contributed by atoms with van der Waals surface area (Å²) in [7, 11) is 3.82. The number of benzene rings is 2. The number of amides is 1. The lowest BCUT2D eigenvalue weighted by Gasteiger charge is -2.26. The van der Waals surface area contributed by atoms with Gasteiger partial charge in [-0.2, -0.15) is 0 Å². The van der Waals surface area contributed by atoms with E-state index in [0.29, 0.717) is 18.7 Å². The van der Waals surface area contributed by atoms with Crippen LogP contribution in [0.15, 0.2) is 64.6 Å². The Morgan fingerprint density at radius 1 is 1.07 bits per heavy atom. The summed E-state index contributed by atoms with van der Waals surface area (Å²) >= 11 is 3.41. The van der Waals surface area contributed by atoms with Crippen molar-refractivity contribution in [2.24, 2.45) is 0 Å². The molecule has 1 N–H and O–H groups in total. The lowest BCUT2D eigenvalue weighted by Crippen LogP contribution is -2.35. The molecule has 0 aliphatic carbocycles. The third kappa shape index (κ3) is 3.96. The number of likely N-dealkylation sites (tertiary alicyclic amines) is 1. The molecule has 0 spiro atoms. The SMILES string of the molecule is CN(C)CCN1C(=O)C(=O)C(=C(O)c2ccccc2)[C@H]1c1ccc(Br)cc1. The first-order valence-electron chi connectivity index (χ1n) is 8.64. The van der Waals surface area contributed by atoms with Gasteiger partial charge in [-0.05, 0) is 31.8 Å². The average Bonchev–Trinajstić information content (AvgIpc) is 2.91. The van der Waals surface area contributed by atoms with E-state index in [1.807, 2.05) is 49.3 Å². The zero-order valence-electron chi connectivity index (χ0n) is 15.2. The van der Waals surface area contributed by atoms with Crippen LogP contribution < -0.4 is 0 Å². The molecule has 1 atom stereocenters. The topological polar surface area (TPSA) is 60.9 Å². The van der Waals surface area contributed by atoms with E-state index in [0.717, 1.165) is 10.0 Å². The molecule has 1 heterocycles. The van der Waals surface area contributed by atoms with Crippen molar-refractivity contribution in [2.45, 2.75) is 6.04 Å². The minimum atomic E-state index is -0.650. The molecule has 6 heteroatoms. The zero-order valence-corrected chi connectivity index (χ0v) is 16.8. The molecule has 2 aromatic carbocycles. The Morgan fingerprint density at radius 2 is 1.70 bits per heavy atom. The number of rotatable bonds is 5. The molecule has 0 aromatic heterocycles. The van der Waals surface area contributed by atoms with Crippen molar-refractivity contribution in [3.05, 3.63) is 75.8 Å². The molecular weight excluding hydrogens is 408 g/mol. The van der Waals surface area contributed by atoms with Gasteiger partial charge in [0.15, 0.2) is 0 Å². The molecule has 27 heavy (non-hydrogen) atoms. The smallest absolute Gasteiger partial charge is 0.295 e. The van der Waals surface area contributed by atoms with E-state index in [1.165, 1.54) is 0 Å². The van der Waals surface area contributed by atoms with Crippen LogP contribution >= 0.6 is 15.9 Å². The number of hydrogen-bond donors (Lipinski definition) is 1. The molecule has 1 amide bonds. The highest BCUT2D eigenvalue weighted by Crippen LogP contribution is 2.39. The lowest BCUT2D eigenvalue weighted by atomic mass is 9.95. The number of Topliss-reactive ketones (excluding diaryl/α,β-unsaturated/α-hetero) is 1. The normalized spacial score (nSPS) is 19.1. The Hall–Kier alpha value is -2.44. The first kappa shape index (κ1) is 19.3. The van der Waals surface area contributed by atoms with Crippen LogP contribution in [0.4, 0.5) is 0 Å². The number of carbonyl (C=O) groups excluding carboxylic acids is 2. The van der Waals surface area contributed by atoms with Gasteiger partial charge >= 0.3 is 0 Å². The van der Waals surface area contributed by atoms with Crippen LogP contribution in [0.3, 0.4) is 0 Å². The second kappa shape index (κ2) is 8.06. The molecule has 0 radical (unpaired) electrons. The van der Waals surface area contributed by atoms with Crippen LogP contribution in [0.5, 0.6) is 0 Å². The fourth-order valence-corrected chi connectivity index (χ4v) is 3.43. The van der Waals surface area contributed by atoms with Crippen LogP contribution in [0.1, 0.15) is 17.2 Å². The molecule has 3 rings (SSSR count). The summed E-state index contributed by atoms with van der Waals surface area (Å²) in [5.41, 5.74) is 1.44. The summed E-state index contributed by atoms with van der Waals surface area (Å²) in [6, 6.07) is 15.7. The lowest BCUT2D eigenvalue weighted by molar-refractivity contribution is -0.140. The molecule has 1 aliphatic heterocycles. The summed E-state index contributed by atoms with van der Waals surface area (Å²) in [5.74, 6) is -1.38. The standard InChI is InChI=1S/C21H21BrN2O3/c1-23(2)12-13-24-18(14-8-10-16(22)11-9-14)17(20(26)21(24)27)19(25)15-6-4-3-5-7-15/h3-11,18,25H,12-13H2,1-2H3/t18-/m1/s1. The Balaban J connectivity index is 2.13. The first-order chi connectivity index (χ1) is 12.9. The third-order valence-corrected chi connectivity index (χ3v) is 5.09. The highest BCUT2D eigenvalue weighted by Gasteiger charge is 2.45. The molecule has 1 fully saturated rings. The predicted octanol–water partition coefficient (Wildman–Crippen LogP) is 3.43. The monoisotopic (exact) mass is 428 g/mol. The first-order valence-corrected chi connectivity index (χ1v) is 9.43. The summed E-state index contributed by atoms with van der Waals surface area (Å²) in [6.45, 7) is 1.01. The number of aliphatic hydroxyl groups excluding tert-OH is 1. The van der Waals surface area contributed by atoms with Gasteiger partial charge in [0.05, 0.1) is 11.6 Å². The Labute approximate surface area is 167 Å². The Kier molecular flexibility index (Phi) is 5.77. The summed E-state index contributed by atoms with van der Waals surface area (Å²) in [6.07, 6.45) is 0. The summed E-state index contributed by atoms with van der Waals surface area (Å²) in [5, 5.41) is 10.9. The quantitative estimate of drug-likeness (QED) is 0.450. The molecule has 1 saturated heterocycles. The van der Waals surface area contributed by atoms with Crippen molar-refractivity contribution in [1.29, 1.82) is 0 Å². The van der Waals surface area contributed by atoms with Gasteiger partial charge in [0.1, 0.15) is 5.76 Å². The van der Waals surface area contributed by atoms with E-state index >= 15 is 0 Å². The Bertz CT molecular complexity index is 876. The maximum Gasteiger partial charge on any atom is 0.295 e. The second-order valence-corrected chi connectivity index (χ2v) is 7.63. The van der Waals surface area contributed by atoms with Crippen molar-refractivity contribution in [1.82, 2.24) is 9.80 Å². The fourth-order valence-electron chi connectivity index (χ4n) is 3.16. The van der Waals surface area contributed by atoms with E-state index < -0.39 is 17.7 Å². The molecule has 0 saturated carbocycles. The molecule has 5 nitrogen and oxygen atoms in total. The van der Waals surface area contributed by atoms with Gasteiger partial charge in [-0.15, -0.1) is 0 Å². The van der Waals surface area contributed by atoms with Crippen LogP contribution in [-0.2, 0) is 9.59 Å². The van der Waals surface area contributed by atoms with E-state index in [2.05, 4.69) is 15.9 Å². The maximum atomic E-state index is 12.8. The number of likely N-dealkylation sites (N-methyl/N-ethyl adjacent to an activating group) is 1. The maximum absolute atomic E-state index is 12.8. The van der Waals surface area contributed by atoms with Gasteiger partial charge < -0.3 is 14.9 Å². The molecular formula is C21H21BrN2O3. The van der Waals surface area contributed by atoms with Crippen molar-refractivity contribution in [3.8, 4) is 0 Å². The molecule has 0 bridgehead atoms. The van der Waals surface area contributed by atoms with Gasteiger partial charge in [-0.1, -0.05) is 58.4 Å². The number of halogens is 1. The van der Waals surface area contributed by atoms with Crippen LogP contribution in [0.2, 0.25) is 0 Å². The van der Waals surface area contributed by atoms with Crippen LogP contribution in [0, 0.1) is 0 Å². The van der Waals surface area contributed by atoms with Gasteiger partial charge in [0, 0.05) is 23.1 Å². The molecule has 140 valence electrons. The van der Waals surface area contributed by atoms with Gasteiger partial charge in [-0.3, -0.25) is 9.59 Å². The largest absolute Gasteiger partial charge is 0.507 e. The Morgan fingerprint density at radius 3 is 2.30 bits per heavy atom. The van der Waals surface area contributed by atoms with Crippen LogP contribution in [-0.4, -0.2) is 53.8 Å². The number of nitrogens with zero attached hydrogens (tertiary/aromatic N) is 2. The molecule has 2 aromatic rings. The fraction of sp³-hybridized carbons (Fsp3) is 0.238. The van der Waals surface area contributed by atoms with Crippen molar-refractivity contribution < 1.29 is 14.7 Å². The van der Waals surface area contributed by atoms with E-state index in [9.17, 15) is 14.7 Å². The summed E-state index contributed by atoms with van der Waals surface area (Å²) < 4.78 is 0.902. The van der Waals surface area contributed by atoms with Crippen molar-refractivity contribution >= 4 is 33.4 Å². The third-order valence-electron chi connectivity index (χ3n) is 4.56. The molecule has 1 aliphatic rings. The van der Waals surface area contributed by atoms with Gasteiger partial charge in [-0.25, -0.2) is 0 Å². The van der Waals surface area contributed by atoms with Crippen LogP contribution in [0.25, 0.3) is 5.76 Å². The van der Waals surface area contributed by atoms with Gasteiger partial charge in [0.2, 0.25) is 0 Å². The van der Waals surface area contributed by atoms with E-state index in [-0.39, 0.29) is 11.3 Å². The van der Waals surface area contributed by atoms with Crippen molar-refractivity contribution in [3.63, 3.8) is 0 Å². The highest BCUT2D eigenvalue weighted by molar-refractivity contribution is 9.10. The number of aliphatic hydroxyl groups is 1. The second-order valence-electron chi connectivity index (χ2n) is 6.71. The van der Waals surface area contributed by atoms with E-state index in [1.54, 1.807) is 29.2 Å². The number of hydrogen-bond acceptors (Lipinski definition) is 4. The minimum absolute atomic E-state index is 0.132. The zero-order chi connectivity index (χ0) is 19.6. The number of carbonyl (C=O) groups is 2. The highest BCUT2D eigenvalue weighted by atomic mass is 79.9. The average molecular weight is 429 g/mol. The van der Waals surface area contributed by atoms with Gasteiger partial charge in [0.25, 0.3) is 11.7 Å². The predicted molar refractivity (Wildman–Crippen MR) is 108 cm³/mol. The number of ketones is 1. The van der Waals surface area contributed by atoms with E-state index in [4.69, 9.17) is 0 Å². The van der Waals surface area contributed by atoms with Crippen molar-refractivity contribution in [2.75, 3.05) is 27.2 Å². The summed E-state index contributed by atoms with van der Waals surface area (Å²) in [4.78, 5) is 29.0. The minimum Gasteiger partial charge on any atom is -0.507 e. The molecule has 0 unspecified atom stereocenters.